The summed E-state index contributed by atoms with van der Waals surface area (Å²) in [5.41, 5.74) is -1.24. The second-order valence-corrected chi connectivity index (χ2v) is 5.45. The number of halogens is 1. The van der Waals surface area contributed by atoms with E-state index in [1.165, 1.54) is 0 Å². The number of rotatable bonds is 3. The van der Waals surface area contributed by atoms with Crippen LogP contribution < -0.4 is 4.90 Å². The van der Waals surface area contributed by atoms with Crippen LogP contribution in [0.3, 0.4) is 0 Å². The second-order valence-electron chi connectivity index (χ2n) is 5.45. The minimum Gasteiger partial charge on any atom is -0.478 e. The molecule has 6 nitrogen and oxygen atoms in total. The lowest BCUT2D eigenvalue weighted by molar-refractivity contribution is -0.384. The molecule has 20 heavy (non-hydrogen) atoms. The Morgan fingerprint density at radius 2 is 2.15 bits per heavy atom. The van der Waals surface area contributed by atoms with E-state index in [1.807, 2.05) is 13.8 Å². The number of nitro groups is 1. The van der Waals surface area contributed by atoms with E-state index < -0.39 is 22.3 Å². The van der Waals surface area contributed by atoms with Gasteiger partial charge in [0.1, 0.15) is 17.1 Å². The highest BCUT2D eigenvalue weighted by Gasteiger charge is 2.36. The third-order valence-electron chi connectivity index (χ3n) is 3.68. The maximum Gasteiger partial charge on any atom is 0.338 e. The van der Waals surface area contributed by atoms with E-state index in [0.29, 0.717) is 6.54 Å². The summed E-state index contributed by atoms with van der Waals surface area (Å²) in [5, 5.41) is 20.0. The molecule has 0 saturated carbocycles. The Morgan fingerprint density at radius 1 is 1.50 bits per heavy atom. The summed E-state index contributed by atoms with van der Waals surface area (Å²) in [4.78, 5) is 23.1. The Bertz CT molecular complexity index is 586. The van der Waals surface area contributed by atoms with Crippen LogP contribution in [-0.2, 0) is 0 Å². The molecule has 2 rings (SSSR count). The first kappa shape index (κ1) is 14.2. The Balaban J connectivity index is 2.61. The minimum atomic E-state index is -1.52. The van der Waals surface area contributed by atoms with Crippen LogP contribution in [-0.4, -0.2) is 28.1 Å². The quantitative estimate of drug-likeness (QED) is 0.680. The molecule has 1 saturated heterocycles. The van der Waals surface area contributed by atoms with Crippen molar-refractivity contribution in [3.63, 3.8) is 0 Å². The molecule has 1 N–H and O–H groups in total. The number of hydrogen-bond donors (Lipinski definition) is 1. The number of hydrogen-bond acceptors (Lipinski definition) is 4. The number of carboxylic acids is 1. The summed E-state index contributed by atoms with van der Waals surface area (Å²) in [7, 11) is 0. The van der Waals surface area contributed by atoms with Crippen LogP contribution in [0.25, 0.3) is 0 Å². The number of nitro benzene ring substituents is 1. The van der Waals surface area contributed by atoms with E-state index >= 15 is 0 Å². The molecule has 0 spiro atoms. The topological polar surface area (TPSA) is 83.7 Å². The van der Waals surface area contributed by atoms with Crippen molar-refractivity contribution in [2.24, 2.45) is 0 Å². The van der Waals surface area contributed by atoms with Gasteiger partial charge in [0.25, 0.3) is 5.69 Å². The Morgan fingerprint density at radius 3 is 2.60 bits per heavy atom. The summed E-state index contributed by atoms with van der Waals surface area (Å²) in [5.74, 6) is -2.47. The number of nitrogens with zero attached hydrogens (tertiary/aromatic N) is 2. The van der Waals surface area contributed by atoms with Gasteiger partial charge in [-0.3, -0.25) is 10.1 Å². The van der Waals surface area contributed by atoms with E-state index in [1.54, 1.807) is 4.90 Å². The van der Waals surface area contributed by atoms with Crippen LogP contribution in [0.4, 0.5) is 15.8 Å². The summed E-state index contributed by atoms with van der Waals surface area (Å²) >= 11 is 0. The fourth-order valence-corrected chi connectivity index (χ4v) is 2.63. The molecule has 108 valence electrons. The van der Waals surface area contributed by atoms with Gasteiger partial charge in [-0.1, -0.05) is 0 Å². The van der Waals surface area contributed by atoms with E-state index in [2.05, 4.69) is 0 Å². The first-order valence-electron chi connectivity index (χ1n) is 6.23. The monoisotopic (exact) mass is 282 g/mol. The van der Waals surface area contributed by atoms with E-state index in [4.69, 9.17) is 5.11 Å². The van der Waals surface area contributed by atoms with Gasteiger partial charge in [0.05, 0.1) is 4.92 Å². The minimum absolute atomic E-state index is 0.139. The second kappa shape index (κ2) is 4.73. The normalized spacial score (nSPS) is 17.2. The molecule has 0 aromatic heterocycles. The van der Waals surface area contributed by atoms with Crippen molar-refractivity contribution < 1.29 is 19.2 Å². The molecule has 7 heteroatoms. The number of benzene rings is 1. The molecule has 0 atom stereocenters. The third-order valence-corrected chi connectivity index (χ3v) is 3.68. The van der Waals surface area contributed by atoms with Crippen LogP contribution in [0.1, 0.15) is 37.0 Å². The molecule has 0 radical (unpaired) electrons. The lowest BCUT2D eigenvalue weighted by Gasteiger charge is -2.33. The molecule has 1 aromatic rings. The average molecular weight is 282 g/mol. The smallest absolute Gasteiger partial charge is 0.338 e. The molecular formula is C13H15FN2O4. The van der Waals surface area contributed by atoms with E-state index in [-0.39, 0.29) is 16.9 Å². The van der Waals surface area contributed by atoms with Crippen molar-refractivity contribution in [3.05, 3.63) is 33.6 Å². The summed E-state index contributed by atoms with van der Waals surface area (Å²) < 4.78 is 13.8. The van der Waals surface area contributed by atoms with Crippen LogP contribution in [0.5, 0.6) is 0 Å². The highest BCUT2D eigenvalue weighted by Crippen LogP contribution is 2.39. The zero-order chi connectivity index (χ0) is 15.1. The number of anilines is 1. The predicted molar refractivity (Wildman–Crippen MR) is 70.7 cm³/mol. The predicted octanol–water partition coefficient (Wildman–Crippen LogP) is 2.81. The largest absolute Gasteiger partial charge is 0.478 e. The molecule has 1 heterocycles. The number of carboxylic acid groups (broad SMARTS) is 1. The Labute approximate surface area is 115 Å². The molecule has 1 aliphatic heterocycles. The van der Waals surface area contributed by atoms with Gasteiger partial charge in [-0.25, -0.2) is 9.18 Å². The molecule has 1 aliphatic rings. The van der Waals surface area contributed by atoms with E-state index in [0.717, 1.165) is 25.0 Å². The Hall–Kier alpha value is -2.18. The van der Waals surface area contributed by atoms with Crippen molar-refractivity contribution in [1.29, 1.82) is 0 Å². The highest BCUT2D eigenvalue weighted by molar-refractivity contribution is 5.90. The van der Waals surface area contributed by atoms with Crippen molar-refractivity contribution >= 4 is 17.3 Å². The van der Waals surface area contributed by atoms with Crippen molar-refractivity contribution in [1.82, 2.24) is 0 Å². The average Bonchev–Trinajstić information content (AvgIpc) is 2.67. The van der Waals surface area contributed by atoms with Crippen LogP contribution >= 0.6 is 0 Å². The fourth-order valence-electron chi connectivity index (χ4n) is 2.63. The maximum absolute atomic E-state index is 13.8. The number of aromatic carboxylic acids is 1. The Kier molecular flexibility index (Phi) is 3.37. The van der Waals surface area contributed by atoms with Crippen LogP contribution in [0.2, 0.25) is 0 Å². The molecule has 0 amide bonds. The van der Waals surface area contributed by atoms with Crippen molar-refractivity contribution in [2.45, 2.75) is 32.2 Å². The van der Waals surface area contributed by atoms with Crippen LogP contribution in [0, 0.1) is 15.9 Å². The molecule has 0 bridgehead atoms. The van der Waals surface area contributed by atoms with Gasteiger partial charge < -0.3 is 10.0 Å². The van der Waals surface area contributed by atoms with Gasteiger partial charge in [-0.05, 0) is 26.7 Å². The van der Waals surface area contributed by atoms with E-state index in [9.17, 15) is 19.3 Å². The lowest BCUT2D eigenvalue weighted by Crippen LogP contribution is -2.38. The summed E-state index contributed by atoms with van der Waals surface area (Å²) in [6.07, 6.45) is 1.69. The third kappa shape index (κ3) is 2.31. The lowest BCUT2D eigenvalue weighted by atomic mass is 10.0. The van der Waals surface area contributed by atoms with Gasteiger partial charge in [-0.2, -0.15) is 0 Å². The SMILES string of the molecule is CC1(C)CCCN1c1cc(F)c(C(=O)O)cc1[N+](=O)[O-]. The van der Waals surface area contributed by atoms with Gasteiger partial charge in [0.2, 0.25) is 0 Å². The molecule has 1 fully saturated rings. The molecule has 1 aromatic carbocycles. The first-order chi connectivity index (χ1) is 9.24. The van der Waals surface area contributed by atoms with Crippen molar-refractivity contribution in [2.75, 3.05) is 11.4 Å². The molecule has 0 aliphatic carbocycles. The van der Waals surface area contributed by atoms with Gasteiger partial charge in [0, 0.05) is 24.2 Å². The summed E-state index contributed by atoms with van der Waals surface area (Å²) in [6, 6.07) is 1.75. The molecular weight excluding hydrogens is 267 g/mol. The number of carbonyl (C=O) groups is 1. The first-order valence-corrected chi connectivity index (χ1v) is 6.23. The van der Waals surface area contributed by atoms with Gasteiger partial charge in [-0.15, -0.1) is 0 Å². The molecule has 0 unspecified atom stereocenters. The van der Waals surface area contributed by atoms with Gasteiger partial charge in [0.15, 0.2) is 0 Å². The summed E-state index contributed by atoms with van der Waals surface area (Å²) in [6.45, 7) is 4.43. The standard InChI is InChI=1S/C13H15FN2O4/c1-13(2)4-3-5-15(13)10-7-9(14)8(12(17)18)6-11(10)16(19)20/h6-7H,3-5H2,1-2H3,(H,17,18). The maximum atomic E-state index is 13.8. The zero-order valence-corrected chi connectivity index (χ0v) is 11.2. The van der Waals surface area contributed by atoms with Crippen LogP contribution in [0.15, 0.2) is 12.1 Å². The van der Waals surface area contributed by atoms with Gasteiger partial charge >= 0.3 is 5.97 Å². The fraction of sp³-hybridized carbons (Fsp3) is 0.462. The zero-order valence-electron chi connectivity index (χ0n) is 11.2. The van der Waals surface area contributed by atoms with Crippen molar-refractivity contribution in [3.8, 4) is 0 Å². The highest BCUT2D eigenvalue weighted by atomic mass is 19.1.